The third-order valence-corrected chi connectivity index (χ3v) is 1.34. The number of nitroso groups, excluding NO2 is 1. The first kappa shape index (κ1) is 10.8. The molecule has 3 nitrogen and oxygen atoms in total. The fourth-order valence-corrected chi connectivity index (χ4v) is 0.727. The molecule has 0 radical (unpaired) electrons. The van der Waals surface area contributed by atoms with Gasteiger partial charge in [0.2, 0.25) is 0 Å². The molecule has 0 bridgehead atoms. The summed E-state index contributed by atoms with van der Waals surface area (Å²) in [6.07, 6.45) is 0. The summed E-state index contributed by atoms with van der Waals surface area (Å²) in [7, 11) is 0. The quantitative estimate of drug-likeness (QED) is 0.619. The summed E-state index contributed by atoms with van der Waals surface area (Å²) in [4.78, 5) is 9.88. The van der Waals surface area contributed by atoms with E-state index in [0.717, 1.165) is 0 Å². The summed E-state index contributed by atoms with van der Waals surface area (Å²) in [6.45, 7) is 0. The zero-order valence-electron chi connectivity index (χ0n) is 5.62. The van der Waals surface area contributed by atoms with Crippen molar-refractivity contribution in [3.63, 3.8) is 0 Å². The maximum atomic E-state index is 9.88. The minimum absolute atomic E-state index is 0. The first-order valence-electron chi connectivity index (χ1n) is 2.56. The molecule has 0 aromatic heterocycles. The van der Waals surface area contributed by atoms with Crippen LogP contribution in [0.2, 0.25) is 5.02 Å². The predicted octanol–water partition coefficient (Wildman–Crippen LogP) is 2.44. The van der Waals surface area contributed by atoms with Gasteiger partial charge in [-0.2, -0.15) is 0 Å². The molecule has 1 aromatic rings. The average molecular weight is 358 g/mol. The Morgan fingerprint density at radius 2 is 2.09 bits per heavy atom. The summed E-state index contributed by atoms with van der Waals surface area (Å²) in [5, 5.41) is 11.6. The first-order chi connectivity index (χ1) is 4.74. The largest absolute Gasteiger partial charge is 0.506 e. The summed E-state index contributed by atoms with van der Waals surface area (Å²) in [6, 6.07) is 4.00. The maximum Gasteiger partial charge on any atom is 0.134 e. The van der Waals surface area contributed by atoms with Crippen LogP contribution in [-0.4, -0.2) is 5.11 Å². The van der Waals surface area contributed by atoms with Crippen LogP contribution in [0.3, 0.4) is 0 Å². The van der Waals surface area contributed by atoms with Gasteiger partial charge in [0.25, 0.3) is 0 Å². The van der Waals surface area contributed by atoms with E-state index in [1.54, 1.807) is 0 Å². The van der Waals surface area contributed by atoms with Crippen LogP contribution in [0.25, 0.3) is 0 Å². The minimum Gasteiger partial charge on any atom is -0.506 e. The number of halogens is 1. The second kappa shape index (κ2) is 4.67. The fraction of sp³-hybridized carbons (Fsp3) is 0. The van der Waals surface area contributed by atoms with Crippen LogP contribution in [0, 0.1) is 4.91 Å². The van der Waals surface area contributed by atoms with Gasteiger partial charge in [-0.25, -0.2) is 0 Å². The van der Waals surface area contributed by atoms with Crippen LogP contribution in [0.15, 0.2) is 23.4 Å². The van der Waals surface area contributed by atoms with E-state index in [1.807, 2.05) is 0 Å². The Bertz CT molecular complexity index is 267. The topological polar surface area (TPSA) is 49.7 Å². The van der Waals surface area contributed by atoms with Crippen molar-refractivity contribution in [1.82, 2.24) is 0 Å². The Morgan fingerprint density at radius 1 is 1.45 bits per heavy atom. The van der Waals surface area contributed by atoms with E-state index in [2.05, 4.69) is 5.18 Å². The van der Waals surface area contributed by atoms with Crippen molar-refractivity contribution in [2.45, 2.75) is 0 Å². The van der Waals surface area contributed by atoms with Gasteiger partial charge in [-0.1, -0.05) is 11.6 Å². The molecule has 1 rings (SSSR count). The monoisotopic (exact) mass is 359 g/mol. The number of hydrogen-bond acceptors (Lipinski definition) is 3. The van der Waals surface area contributed by atoms with E-state index in [9.17, 15) is 4.91 Å². The SMILES string of the molecule is O=Nc1ccc(O)c(Cl)c1.[Hg]. The number of aromatic hydroxyl groups is 1. The molecule has 0 aliphatic carbocycles. The van der Waals surface area contributed by atoms with Crippen molar-refractivity contribution in [2.75, 3.05) is 0 Å². The van der Waals surface area contributed by atoms with Gasteiger partial charge in [0.1, 0.15) is 11.4 Å². The number of phenols is 1. The molecule has 1 N–H and O–H groups in total. The molecule has 0 saturated carbocycles. The molecule has 0 spiro atoms. The van der Waals surface area contributed by atoms with E-state index in [4.69, 9.17) is 16.7 Å². The maximum absolute atomic E-state index is 9.88. The van der Waals surface area contributed by atoms with Gasteiger partial charge in [-0.3, -0.25) is 0 Å². The summed E-state index contributed by atoms with van der Waals surface area (Å²) in [5.41, 5.74) is 0.211. The van der Waals surface area contributed by atoms with Crippen molar-refractivity contribution in [1.29, 1.82) is 0 Å². The molecule has 0 aliphatic heterocycles. The van der Waals surface area contributed by atoms with Crippen LogP contribution in [0.4, 0.5) is 5.69 Å². The van der Waals surface area contributed by atoms with Gasteiger partial charge in [-0.05, 0) is 23.4 Å². The molecular weight excluding hydrogens is 354 g/mol. The Kier molecular flexibility index (Phi) is 4.60. The minimum atomic E-state index is -0.0472. The summed E-state index contributed by atoms with van der Waals surface area (Å²) in [5.74, 6) is -0.0472. The third kappa shape index (κ3) is 2.75. The van der Waals surface area contributed by atoms with E-state index in [-0.39, 0.29) is 44.1 Å². The molecule has 1 aromatic carbocycles. The van der Waals surface area contributed by atoms with Gasteiger partial charge in [0.15, 0.2) is 0 Å². The van der Waals surface area contributed by atoms with Crippen LogP contribution >= 0.6 is 11.6 Å². The molecular formula is C6H4ClHgNO2. The molecule has 0 heterocycles. The first-order valence-corrected chi connectivity index (χ1v) is 2.93. The smallest absolute Gasteiger partial charge is 0.134 e. The Labute approximate surface area is 88.9 Å². The van der Waals surface area contributed by atoms with Crippen molar-refractivity contribution >= 4 is 17.3 Å². The molecule has 54 valence electrons. The summed E-state index contributed by atoms with van der Waals surface area (Å²) >= 11 is 5.44. The van der Waals surface area contributed by atoms with Crippen molar-refractivity contribution < 1.29 is 32.8 Å². The number of phenolic OH excluding ortho intramolecular Hbond substituents is 1. The van der Waals surface area contributed by atoms with E-state index in [1.165, 1.54) is 18.2 Å². The second-order valence-electron chi connectivity index (χ2n) is 1.73. The molecule has 0 fully saturated rings. The van der Waals surface area contributed by atoms with Crippen molar-refractivity contribution in [3.8, 4) is 5.75 Å². The Hall–Kier alpha value is -0.155. The van der Waals surface area contributed by atoms with Gasteiger partial charge >= 0.3 is 0 Å². The fourth-order valence-electron chi connectivity index (χ4n) is 0.553. The average Bonchev–Trinajstić information content (AvgIpc) is 1.95. The standard InChI is InChI=1S/C6H4ClNO2.Hg/c7-5-3-4(8-10)1-2-6(5)9;/h1-3,9H;. The number of benzene rings is 1. The van der Waals surface area contributed by atoms with E-state index < -0.39 is 0 Å². The number of rotatable bonds is 1. The van der Waals surface area contributed by atoms with Gasteiger partial charge in [0, 0.05) is 27.7 Å². The summed E-state index contributed by atoms with van der Waals surface area (Å²) < 4.78 is 0. The van der Waals surface area contributed by atoms with Crippen molar-refractivity contribution in [3.05, 3.63) is 28.1 Å². The van der Waals surface area contributed by atoms with Gasteiger partial charge in [0.05, 0.1) is 5.02 Å². The Morgan fingerprint density at radius 3 is 2.55 bits per heavy atom. The molecule has 11 heavy (non-hydrogen) atoms. The number of hydrogen-bond donors (Lipinski definition) is 1. The zero-order chi connectivity index (χ0) is 7.56. The van der Waals surface area contributed by atoms with Crippen LogP contribution < -0.4 is 0 Å². The molecule has 5 heteroatoms. The Balaban J connectivity index is 0.000001000. The molecule has 0 aliphatic rings. The van der Waals surface area contributed by atoms with Gasteiger partial charge in [-0.15, -0.1) is 4.91 Å². The van der Waals surface area contributed by atoms with Crippen LogP contribution in [0.1, 0.15) is 0 Å². The van der Waals surface area contributed by atoms with Crippen molar-refractivity contribution in [2.24, 2.45) is 5.18 Å². The molecule has 0 saturated heterocycles. The van der Waals surface area contributed by atoms with Gasteiger partial charge < -0.3 is 5.11 Å². The normalized spacial score (nSPS) is 8.45. The third-order valence-electron chi connectivity index (χ3n) is 1.04. The zero-order valence-corrected chi connectivity index (χ0v) is 11.9. The predicted molar refractivity (Wildman–Crippen MR) is 38.6 cm³/mol. The van der Waals surface area contributed by atoms with E-state index in [0.29, 0.717) is 0 Å². The molecule has 0 amide bonds. The number of nitrogens with zero attached hydrogens (tertiary/aromatic N) is 1. The van der Waals surface area contributed by atoms with Crippen LogP contribution in [0.5, 0.6) is 5.75 Å². The molecule has 0 atom stereocenters. The van der Waals surface area contributed by atoms with E-state index >= 15 is 0 Å². The molecule has 0 unspecified atom stereocenters. The second-order valence-corrected chi connectivity index (χ2v) is 2.13. The van der Waals surface area contributed by atoms with Crippen LogP contribution in [-0.2, 0) is 27.7 Å².